The van der Waals surface area contributed by atoms with Crippen LogP contribution in [0.15, 0.2) is 24.3 Å². The molecule has 0 saturated heterocycles. The lowest BCUT2D eigenvalue weighted by Crippen LogP contribution is -2.19. The van der Waals surface area contributed by atoms with Crippen LogP contribution in [0, 0.1) is 17.8 Å². The second-order valence-electron chi connectivity index (χ2n) is 5.77. The van der Waals surface area contributed by atoms with Crippen LogP contribution in [0.25, 0.3) is 0 Å². The van der Waals surface area contributed by atoms with Gasteiger partial charge in [0.2, 0.25) is 0 Å². The molecule has 2 N–H and O–H groups in total. The van der Waals surface area contributed by atoms with Crippen LogP contribution in [-0.4, -0.2) is 5.78 Å². The third kappa shape index (κ3) is 4.52. The first-order valence-corrected chi connectivity index (χ1v) is 6.77. The van der Waals surface area contributed by atoms with Gasteiger partial charge in [-0.1, -0.05) is 39.8 Å². The Labute approximate surface area is 111 Å². The van der Waals surface area contributed by atoms with Crippen LogP contribution < -0.4 is 5.73 Å². The van der Waals surface area contributed by atoms with E-state index in [-0.39, 0.29) is 5.92 Å². The van der Waals surface area contributed by atoms with E-state index in [1.54, 1.807) is 0 Å². The summed E-state index contributed by atoms with van der Waals surface area (Å²) in [5.74, 6) is 1.44. The first kappa shape index (κ1) is 14.7. The van der Waals surface area contributed by atoms with Gasteiger partial charge in [0.25, 0.3) is 0 Å². The summed E-state index contributed by atoms with van der Waals surface area (Å²) >= 11 is 0. The summed E-state index contributed by atoms with van der Waals surface area (Å²) in [6.07, 6.45) is 1.64. The van der Waals surface area contributed by atoms with Crippen LogP contribution in [0.4, 0.5) is 5.69 Å². The fraction of sp³-hybridized carbons (Fsp3) is 0.562. The van der Waals surface area contributed by atoms with Gasteiger partial charge < -0.3 is 5.73 Å². The van der Waals surface area contributed by atoms with Crippen molar-refractivity contribution in [3.8, 4) is 0 Å². The summed E-state index contributed by atoms with van der Waals surface area (Å²) in [5, 5.41) is 0. The zero-order valence-corrected chi connectivity index (χ0v) is 11.9. The van der Waals surface area contributed by atoms with Crippen molar-refractivity contribution >= 4 is 11.5 Å². The van der Waals surface area contributed by atoms with E-state index in [1.165, 1.54) is 5.56 Å². The number of hydrogen-bond acceptors (Lipinski definition) is 2. The summed E-state index contributed by atoms with van der Waals surface area (Å²) in [6, 6.07) is 7.98. The molecule has 0 bridgehead atoms. The minimum absolute atomic E-state index is 0.137. The summed E-state index contributed by atoms with van der Waals surface area (Å²) in [5.41, 5.74) is 7.74. The summed E-state index contributed by atoms with van der Waals surface area (Å²) in [7, 11) is 0. The molecule has 0 saturated carbocycles. The van der Waals surface area contributed by atoms with Crippen molar-refractivity contribution in [3.05, 3.63) is 29.8 Å². The second kappa shape index (κ2) is 6.58. The minimum Gasteiger partial charge on any atom is -0.399 e. The monoisotopic (exact) mass is 247 g/mol. The zero-order valence-electron chi connectivity index (χ0n) is 11.9. The van der Waals surface area contributed by atoms with E-state index in [0.717, 1.165) is 12.1 Å². The first-order chi connectivity index (χ1) is 8.40. The van der Waals surface area contributed by atoms with Crippen LogP contribution in [0.1, 0.15) is 39.7 Å². The van der Waals surface area contributed by atoms with Crippen LogP contribution in [0.2, 0.25) is 0 Å². The lowest BCUT2D eigenvalue weighted by Gasteiger charge is -2.21. The minimum atomic E-state index is 0.137. The van der Waals surface area contributed by atoms with Gasteiger partial charge in [-0.25, -0.2) is 0 Å². The van der Waals surface area contributed by atoms with E-state index in [0.29, 0.717) is 24.0 Å². The van der Waals surface area contributed by atoms with Gasteiger partial charge in [0.1, 0.15) is 5.78 Å². The first-order valence-electron chi connectivity index (χ1n) is 6.77. The highest BCUT2D eigenvalue weighted by Gasteiger charge is 2.19. The topological polar surface area (TPSA) is 43.1 Å². The maximum absolute atomic E-state index is 11.9. The van der Waals surface area contributed by atoms with Gasteiger partial charge in [0, 0.05) is 18.0 Å². The number of carbonyl (C=O) groups is 1. The van der Waals surface area contributed by atoms with Gasteiger partial charge in [-0.3, -0.25) is 4.79 Å². The van der Waals surface area contributed by atoms with Gasteiger partial charge in [-0.05, 0) is 36.0 Å². The van der Waals surface area contributed by atoms with E-state index in [2.05, 4.69) is 26.0 Å². The number of ketones is 1. The molecular formula is C16H25NO. The maximum Gasteiger partial charge on any atom is 0.135 e. The van der Waals surface area contributed by atoms with Crippen molar-refractivity contribution in [2.24, 2.45) is 17.8 Å². The highest BCUT2D eigenvalue weighted by molar-refractivity contribution is 5.80. The molecule has 0 spiro atoms. The normalized spacial score (nSPS) is 13.0. The molecule has 1 atom stereocenters. The summed E-state index contributed by atoms with van der Waals surface area (Å²) < 4.78 is 0. The molecule has 0 heterocycles. The van der Waals surface area contributed by atoms with Gasteiger partial charge in [0.15, 0.2) is 0 Å². The Kier molecular flexibility index (Phi) is 5.39. The second-order valence-corrected chi connectivity index (χ2v) is 5.77. The SMILES string of the molecule is CC(C)C(=O)CC(Cc1ccc(N)cc1)C(C)C. The van der Waals surface area contributed by atoms with Gasteiger partial charge >= 0.3 is 0 Å². The predicted molar refractivity (Wildman–Crippen MR) is 77.3 cm³/mol. The van der Waals surface area contributed by atoms with Crippen molar-refractivity contribution in [1.82, 2.24) is 0 Å². The molecule has 1 rings (SSSR count). The Morgan fingerprint density at radius 3 is 2.11 bits per heavy atom. The molecule has 18 heavy (non-hydrogen) atoms. The zero-order chi connectivity index (χ0) is 13.7. The average Bonchev–Trinajstić information content (AvgIpc) is 2.30. The maximum atomic E-state index is 11.9. The molecule has 0 aromatic heterocycles. The Balaban J connectivity index is 2.68. The van der Waals surface area contributed by atoms with E-state index in [1.807, 2.05) is 26.0 Å². The van der Waals surface area contributed by atoms with E-state index in [4.69, 9.17) is 5.73 Å². The van der Waals surface area contributed by atoms with Crippen molar-refractivity contribution in [1.29, 1.82) is 0 Å². The number of hydrogen-bond donors (Lipinski definition) is 1. The van der Waals surface area contributed by atoms with Crippen LogP contribution in [0.5, 0.6) is 0 Å². The number of rotatable bonds is 6. The van der Waals surface area contributed by atoms with Gasteiger partial charge in [-0.2, -0.15) is 0 Å². The third-order valence-corrected chi connectivity index (χ3v) is 3.53. The van der Waals surface area contributed by atoms with Crippen molar-refractivity contribution in [2.75, 3.05) is 5.73 Å². The Morgan fingerprint density at radius 2 is 1.67 bits per heavy atom. The van der Waals surface area contributed by atoms with Gasteiger partial charge in [0.05, 0.1) is 0 Å². The molecule has 0 aliphatic heterocycles. The molecule has 1 aromatic carbocycles. The predicted octanol–water partition coefficient (Wildman–Crippen LogP) is 3.70. The Hall–Kier alpha value is -1.31. The van der Waals surface area contributed by atoms with Crippen molar-refractivity contribution < 1.29 is 4.79 Å². The number of benzene rings is 1. The average molecular weight is 247 g/mol. The summed E-state index contributed by atoms with van der Waals surface area (Å²) in [4.78, 5) is 11.9. The van der Waals surface area contributed by atoms with Crippen molar-refractivity contribution in [3.63, 3.8) is 0 Å². The highest BCUT2D eigenvalue weighted by atomic mass is 16.1. The van der Waals surface area contributed by atoms with Crippen LogP contribution >= 0.6 is 0 Å². The van der Waals surface area contributed by atoms with Crippen LogP contribution in [-0.2, 0) is 11.2 Å². The fourth-order valence-corrected chi connectivity index (χ4v) is 1.99. The molecule has 2 heteroatoms. The number of nitrogen functional groups attached to an aromatic ring is 1. The smallest absolute Gasteiger partial charge is 0.135 e. The quantitative estimate of drug-likeness (QED) is 0.779. The summed E-state index contributed by atoms with van der Waals surface area (Å²) in [6.45, 7) is 8.33. The largest absolute Gasteiger partial charge is 0.399 e. The molecular weight excluding hydrogens is 222 g/mol. The van der Waals surface area contributed by atoms with Gasteiger partial charge in [-0.15, -0.1) is 0 Å². The van der Waals surface area contributed by atoms with E-state index >= 15 is 0 Å². The standard InChI is InChI=1S/C16H25NO/c1-11(2)14(10-16(18)12(3)4)9-13-5-7-15(17)8-6-13/h5-8,11-12,14H,9-10,17H2,1-4H3. The Bertz CT molecular complexity index is 379. The molecule has 0 aliphatic carbocycles. The molecule has 0 aliphatic rings. The molecule has 1 unspecified atom stereocenters. The molecule has 0 amide bonds. The molecule has 0 radical (unpaired) electrons. The van der Waals surface area contributed by atoms with Crippen LogP contribution in [0.3, 0.4) is 0 Å². The third-order valence-electron chi connectivity index (χ3n) is 3.53. The number of anilines is 1. The molecule has 100 valence electrons. The Morgan fingerprint density at radius 1 is 1.11 bits per heavy atom. The number of Topliss-reactive ketones (excluding diaryl/α,β-unsaturated/α-hetero) is 1. The highest BCUT2D eigenvalue weighted by Crippen LogP contribution is 2.23. The molecule has 2 nitrogen and oxygen atoms in total. The molecule has 1 aromatic rings. The lowest BCUT2D eigenvalue weighted by atomic mass is 9.83. The van der Waals surface area contributed by atoms with E-state index in [9.17, 15) is 4.79 Å². The number of nitrogens with two attached hydrogens (primary N) is 1. The van der Waals surface area contributed by atoms with E-state index < -0.39 is 0 Å². The lowest BCUT2D eigenvalue weighted by molar-refractivity contribution is -0.123. The fourth-order valence-electron chi connectivity index (χ4n) is 1.99. The molecule has 0 fully saturated rings. The van der Waals surface area contributed by atoms with Crippen molar-refractivity contribution in [2.45, 2.75) is 40.5 Å². The number of carbonyl (C=O) groups excluding carboxylic acids is 1.